The maximum Gasteiger partial charge on any atom is 0.352 e. The molecule has 0 aliphatic carbocycles. The van der Waals surface area contributed by atoms with E-state index in [-0.39, 0.29) is 24.0 Å². The van der Waals surface area contributed by atoms with Gasteiger partial charge in [-0.15, -0.1) is 0 Å². The minimum absolute atomic E-state index is 0.0112. The van der Waals surface area contributed by atoms with E-state index in [4.69, 9.17) is 5.11 Å². The highest BCUT2D eigenvalue weighted by Crippen LogP contribution is 2.07. The first kappa shape index (κ1) is 7.71. The van der Waals surface area contributed by atoms with Crippen molar-refractivity contribution in [3.63, 3.8) is 0 Å². The van der Waals surface area contributed by atoms with Crippen LogP contribution in [0.15, 0.2) is 5.10 Å². The number of nitrogens with one attached hydrogen (secondary N) is 1. The number of carboxylic acids is 1. The second kappa shape index (κ2) is 2.69. The summed E-state index contributed by atoms with van der Waals surface area (Å²) >= 11 is 0. The molecule has 0 aromatic rings. The van der Waals surface area contributed by atoms with Crippen molar-refractivity contribution >= 4 is 17.6 Å². The first-order valence-electron chi connectivity index (χ1n) is 3.21. The van der Waals surface area contributed by atoms with Gasteiger partial charge >= 0.3 is 5.97 Å². The van der Waals surface area contributed by atoms with E-state index in [0.717, 1.165) is 0 Å². The van der Waals surface area contributed by atoms with E-state index in [2.05, 4.69) is 10.5 Å². The zero-order valence-electron chi connectivity index (χ0n) is 6.00. The van der Waals surface area contributed by atoms with Crippen molar-refractivity contribution in [2.75, 3.05) is 0 Å². The molecule has 0 bridgehead atoms. The third-order valence-electron chi connectivity index (χ3n) is 1.50. The highest BCUT2D eigenvalue weighted by Gasteiger charge is 2.23. The Hall–Kier alpha value is -1.39. The van der Waals surface area contributed by atoms with Crippen molar-refractivity contribution in [1.82, 2.24) is 5.43 Å². The second-order valence-electron chi connectivity index (χ2n) is 2.44. The number of rotatable bonds is 1. The van der Waals surface area contributed by atoms with Crippen LogP contribution < -0.4 is 5.43 Å². The van der Waals surface area contributed by atoms with Crippen LogP contribution in [-0.4, -0.2) is 22.7 Å². The Morgan fingerprint density at radius 3 is 2.91 bits per heavy atom. The van der Waals surface area contributed by atoms with Crippen LogP contribution in [0.4, 0.5) is 0 Å². The van der Waals surface area contributed by atoms with Crippen LogP contribution in [0.3, 0.4) is 0 Å². The molecule has 1 aliphatic heterocycles. The molecule has 1 atom stereocenters. The highest BCUT2D eigenvalue weighted by atomic mass is 16.4. The van der Waals surface area contributed by atoms with Gasteiger partial charge in [0.05, 0.1) is 0 Å². The molecule has 0 spiro atoms. The first-order chi connectivity index (χ1) is 5.11. The summed E-state index contributed by atoms with van der Waals surface area (Å²) in [6.07, 6.45) is 0.209. The van der Waals surface area contributed by atoms with E-state index < -0.39 is 5.97 Å². The highest BCUT2D eigenvalue weighted by molar-refractivity contribution is 6.36. The fourth-order valence-electron chi connectivity index (χ4n) is 0.796. The van der Waals surface area contributed by atoms with Crippen LogP contribution in [-0.2, 0) is 9.59 Å². The summed E-state index contributed by atoms with van der Waals surface area (Å²) < 4.78 is 0. The van der Waals surface area contributed by atoms with Crippen LogP contribution in [0.2, 0.25) is 0 Å². The normalized spacial score (nSPS) is 23.9. The van der Waals surface area contributed by atoms with Crippen LogP contribution >= 0.6 is 0 Å². The first-order valence-corrected chi connectivity index (χ1v) is 3.21. The van der Waals surface area contributed by atoms with Gasteiger partial charge in [-0.25, -0.2) is 10.2 Å². The molecule has 0 radical (unpaired) electrons. The predicted molar refractivity (Wildman–Crippen MR) is 37.0 cm³/mol. The number of hydrazone groups is 1. The fraction of sp³-hybridized carbons (Fsp3) is 0.500. The number of carbonyl (C=O) groups is 2. The lowest BCUT2D eigenvalue weighted by atomic mass is 10.0. The van der Waals surface area contributed by atoms with Crippen molar-refractivity contribution < 1.29 is 14.7 Å². The monoisotopic (exact) mass is 156 g/mol. The summed E-state index contributed by atoms with van der Waals surface area (Å²) in [5.41, 5.74) is 2.14. The molecule has 1 heterocycles. The lowest BCUT2D eigenvalue weighted by Gasteiger charge is -2.14. The van der Waals surface area contributed by atoms with Gasteiger partial charge < -0.3 is 5.11 Å². The number of amides is 1. The lowest BCUT2D eigenvalue weighted by molar-refractivity contribution is -0.130. The van der Waals surface area contributed by atoms with Crippen LogP contribution in [0.5, 0.6) is 0 Å². The maximum atomic E-state index is 10.8. The molecule has 1 amide bonds. The summed E-state index contributed by atoms with van der Waals surface area (Å²) in [4.78, 5) is 21.1. The van der Waals surface area contributed by atoms with Crippen molar-refractivity contribution in [3.8, 4) is 0 Å². The quantitative estimate of drug-likeness (QED) is 0.541. The van der Waals surface area contributed by atoms with Crippen LogP contribution in [0, 0.1) is 5.92 Å². The summed E-state index contributed by atoms with van der Waals surface area (Å²) in [7, 11) is 0. The predicted octanol–water partition coefficient (Wildman–Crippen LogP) is -0.417. The number of hydrogen-bond donors (Lipinski definition) is 2. The molecule has 0 saturated heterocycles. The molecule has 1 rings (SSSR count). The molecule has 11 heavy (non-hydrogen) atoms. The molecule has 0 aromatic heterocycles. The van der Waals surface area contributed by atoms with Gasteiger partial charge in [-0.2, -0.15) is 5.10 Å². The van der Waals surface area contributed by atoms with Crippen molar-refractivity contribution in [3.05, 3.63) is 0 Å². The molecule has 1 aliphatic rings. The summed E-state index contributed by atoms with van der Waals surface area (Å²) in [6.45, 7) is 1.66. The Labute approximate surface area is 63.1 Å². The smallest absolute Gasteiger partial charge is 0.352 e. The largest absolute Gasteiger partial charge is 0.477 e. The van der Waals surface area contributed by atoms with Crippen LogP contribution in [0.1, 0.15) is 13.3 Å². The van der Waals surface area contributed by atoms with E-state index in [0.29, 0.717) is 0 Å². The zero-order valence-corrected chi connectivity index (χ0v) is 6.00. The minimum Gasteiger partial charge on any atom is -0.477 e. The SMILES string of the molecule is CC1CC(C(=O)O)=NNC1=O. The minimum atomic E-state index is -1.07. The summed E-state index contributed by atoms with van der Waals surface area (Å²) in [5, 5.41) is 11.8. The third-order valence-corrected chi connectivity index (χ3v) is 1.50. The standard InChI is InChI=1S/C6H8N2O3/c1-3-2-4(6(10)11)7-8-5(3)9/h3H,2H2,1H3,(H,8,9)(H,10,11). The molecule has 1 unspecified atom stereocenters. The number of carboxylic acid groups (broad SMARTS) is 1. The molecular formula is C6H8N2O3. The number of nitrogens with zero attached hydrogens (tertiary/aromatic N) is 1. The van der Waals surface area contributed by atoms with Crippen molar-refractivity contribution in [2.45, 2.75) is 13.3 Å². The Balaban J connectivity index is 2.74. The number of hydrogen-bond acceptors (Lipinski definition) is 3. The Kier molecular flexibility index (Phi) is 1.89. The molecule has 5 nitrogen and oxygen atoms in total. The van der Waals surface area contributed by atoms with E-state index in [9.17, 15) is 9.59 Å². The average Bonchev–Trinajstić information content (AvgIpc) is 1.94. The summed E-state index contributed by atoms with van der Waals surface area (Å²) in [5.74, 6) is -1.59. The average molecular weight is 156 g/mol. The Morgan fingerprint density at radius 1 is 1.82 bits per heavy atom. The Bertz CT molecular complexity index is 234. The molecule has 0 fully saturated rings. The van der Waals surface area contributed by atoms with E-state index >= 15 is 0 Å². The van der Waals surface area contributed by atoms with Crippen molar-refractivity contribution in [1.29, 1.82) is 0 Å². The second-order valence-corrected chi connectivity index (χ2v) is 2.44. The van der Waals surface area contributed by atoms with Crippen molar-refractivity contribution in [2.24, 2.45) is 11.0 Å². The zero-order chi connectivity index (χ0) is 8.43. The van der Waals surface area contributed by atoms with Gasteiger partial charge in [0.15, 0.2) is 0 Å². The molecular weight excluding hydrogens is 148 g/mol. The van der Waals surface area contributed by atoms with Crippen LogP contribution in [0.25, 0.3) is 0 Å². The number of carbonyl (C=O) groups excluding carboxylic acids is 1. The molecule has 5 heteroatoms. The maximum absolute atomic E-state index is 10.8. The number of aliphatic carboxylic acids is 1. The van der Waals surface area contributed by atoms with Gasteiger partial charge in [-0.1, -0.05) is 6.92 Å². The molecule has 60 valence electrons. The molecule has 2 N–H and O–H groups in total. The lowest BCUT2D eigenvalue weighted by Crippen LogP contribution is -2.35. The van der Waals surface area contributed by atoms with Gasteiger partial charge in [0.2, 0.25) is 5.91 Å². The fourth-order valence-corrected chi connectivity index (χ4v) is 0.796. The molecule has 0 saturated carbocycles. The van der Waals surface area contributed by atoms with Gasteiger partial charge in [0.1, 0.15) is 5.71 Å². The third kappa shape index (κ3) is 1.54. The Morgan fingerprint density at radius 2 is 2.45 bits per heavy atom. The van der Waals surface area contributed by atoms with E-state index in [1.165, 1.54) is 0 Å². The van der Waals surface area contributed by atoms with Gasteiger partial charge in [0, 0.05) is 12.3 Å². The van der Waals surface area contributed by atoms with E-state index in [1.807, 2.05) is 0 Å². The van der Waals surface area contributed by atoms with Gasteiger partial charge in [-0.05, 0) is 0 Å². The topological polar surface area (TPSA) is 78.8 Å². The van der Waals surface area contributed by atoms with E-state index in [1.54, 1.807) is 6.92 Å². The summed E-state index contributed by atoms with van der Waals surface area (Å²) in [6, 6.07) is 0. The van der Waals surface area contributed by atoms with Gasteiger partial charge in [-0.3, -0.25) is 4.79 Å². The molecule has 0 aromatic carbocycles. The van der Waals surface area contributed by atoms with Gasteiger partial charge in [0.25, 0.3) is 0 Å².